The van der Waals surface area contributed by atoms with E-state index < -0.39 is 5.92 Å². The number of carbonyl (C=O) groups excluding carboxylic acids is 1. The minimum atomic E-state index is -2.77. The normalized spacial score (nSPS) is 15.4. The standard InChI is InChI=1S/C17H24F2N2O/c1-17(18,19)9-7-16(22)20-10-4-11-21-12-8-14-5-2-3-6-15(14)13-21/h2-3,5-6H,4,7-13H2,1H3,(H,20,22). The van der Waals surface area contributed by atoms with Gasteiger partial charge < -0.3 is 5.32 Å². The van der Waals surface area contributed by atoms with E-state index in [9.17, 15) is 13.6 Å². The molecule has 1 heterocycles. The van der Waals surface area contributed by atoms with Gasteiger partial charge in [-0.3, -0.25) is 9.69 Å². The van der Waals surface area contributed by atoms with Gasteiger partial charge in [0, 0.05) is 39.0 Å². The van der Waals surface area contributed by atoms with E-state index in [1.54, 1.807) is 0 Å². The maximum atomic E-state index is 12.6. The third kappa shape index (κ3) is 5.72. The lowest BCUT2D eigenvalue weighted by Gasteiger charge is -2.28. The van der Waals surface area contributed by atoms with Crippen LogP contribution in [0.3, 0.4) is 0 Å². The van der Waals surface area contributed by atoms with Gasteiger partial charge in [0.05, 0.1) is 0 Å². The van der Waals surface area contributed by atoms with Crippen LogP contribution in [-0.2, 0) is 17.8 Å². The van der Waals surface area contributed by atoms with E-state index in [2.05, 4.69) is 34.5 Å². The van der Waals surface area contributed by atoms with Gasteiger partial charge in [0.25, 0.3) is 0 Å². The number of benzene rings is 1. The fourth-order valence-corrected chi connectivity index (χ4v) is 2.70. The highest BCUT2D eigenvalue weighted by Crippen LogP contribution is 2.19. The Labute approximate surface area is 130 Å². The van der Waals surface area contributed by atoms with Crippen LogP contribution in [0.5, 0.6) is 0 Å². The number of amides is 1. The highest BCUT2D eigenvalue weighted by atomic mass is 19.3. The zero-order chi connectivity index (χ0) is 16.0. The van der Waals surface area contributed by atoms with E-state index in [4.69, 9.17) is 0 Å². The molecule has 5 heteroatoms. The van der Waals surface area contributed by atoms with Gasteiger partial charge in [0.2, 0.25) is 11.8 Å². The molecule has 0 spiro atoms. The summed E-state index contributed by atoms with van der Waals surface area (Å²) in [5, 5.41) is 2.72. The molecule has 1 aromatic carbocycles. The first kappa shape index (κ1) is 16.9. The Morgan fingerprint density at radius 1 is 1.32 bits per heavy atom. The molecule has 0 saturated carbocycles. The first-order chi connectivity index (χ1) is 10.4. The second kappa shape index (κ2) is 7.68. The van der Waals surface area contributed by atoms with E-state index in [0.717, 1.165) is 39.4 Å². The van der Waals surface area contributed by atoms with Gasteiger partial charge in [0.1, 0.15) is 0 Å². The molecule has 1 amide bonds. The summed E-state index contributed by atoms with van der Waals surface area (Å²) < 4.78 is 25.3. The zero-order valence-electron chi connectivity index (χ0n) is 13.1. The van der Waals surface area contributed by atoms with Crippen LogP contribution < -0.4 is 5.32 Å². The Hall–Kier alpha value is -1.49. The van der Waals surface area contributed by atoms with Crippen molar-refractivity contribution in [1.29, 1.82) is 0 Å². The van der Waals surface area contributed by atoms with E-state index in [1.165, 1.54) is 11.1 Å². The molecule has 3 nitrogen and oxygen atoms in total. The number of alkyl halides is 2. The molecule has 122 valence electrons. The molecule has 0 atom stereocenters. The first-order valence-electron chi connectivity index (χ1n) is 7.88. The number of rotatable bonds is 7. The quantitative estimate of drug-likeness (QED) is 0.785. The number of carbonyl (C=O) groups is 1. The average Bonchev–Trinajstić information content (AvgIpc) is 2.49. The van der Waals surface area contributed by atoms with E-state index in [0.29, 0.717) is 6.54 Å². The molecule has 2 rings (SSSR count). The smallest absolute Gasteiger partial charge is 0.245 e. The molecule has 1 aliphatic rings. The van der Waals surface area contributed by atoms with Crippen LogP contribution in [0.25, 0.3) is 0 Å². The molecule has 0 saturated heterocycles. The lowest BCUT2D eigenvalue weighted by Crippen LogP contribution is -2.34. The van der Waals surface area contributed by atoms with Crippen molar-refractivity contribution in [2.24, 2.45) is 0 Å². The number of halogens is 2. The maximum Gasteiger partial charge on any atom is 0.245 e. The number of hydrogen-bond acceptors (Lipinski definition) is 2. The molecule has 1 aromatic rings. The second-order valence-corrected chi connectivity index (χ2v) is 6.07. The molecule has 0 radical (unpaired) electrons. The minimum absolute atomic E-state index is 0.111. The summed E-state index contributed by atoms with van der Waals surface area (Å²) in [7, 11) is 0. The predicted octanol–water partition coefficient (Wildman–Crippen LogP) is 2.99. The Morgan fingerprint density at radius 3 is 2.77 bits per heavy atom. The van der Waals surface area contributed by atoms with E-state index in [-0.39, 0.29) is 18.7 Å². The van der Waals surface area contributed by atoms with Gasteiger partial charge in [-0.15, -0.1) is 0 Å². The SMILES string of the molecule is CC(F)(F)CCC(=O)NCCCN1CCc2ccccc2C1. The molecular weight excluding hydrogens is 286 g/mol. The summed E-state index contributed by atoms with van der Waals surface area (Å²) in [6.45, 7) is 4.29. The third-order valence-corrected chi connectivity index (χ3v) is 3.97. The topological polar surface area (TPSA) is 32.3 Å². The molecule has 0 fully saturated rings. The zero-order valence-corrected chi connectivity index (χ0v) is 13.1. The predicted molar refractivity (Wildman–Crippen MR) is 82.9 cm³/mol. The van der Waals surface area contributed by atoms with Crippen LogP contribution in [0.4, 0.5) is 8.78 Å². The van der Waals surface area contributed by atoms with Gasteiger partial charge in [0.15, 0.2) is 0 Å². The van der Waals surface area contributed by atoms with Crippen LogP contribution >= 0.6 is 0 Å². The van der Waals surface area contributed by atoms with Crippen molar-refractivity contribution in [3.05, 3.63) is 35.4 Å². The molecule has 1 aliphatic heterocycles. The average molecular weight is 310 g/mol. The van der Waals surface area contributed by atoms with Crippen LogP contribution in [0.2, 0.25) is 0 Å². The van der Waals surface area contributed by atoms with E-state index in [1.807, 2.05) is 0 Å². The minimum Gasteiger partial charge on any atom is -0.356 e. The molecule has 0 aromatic heterocycles. The summed E-state index contributed by atoms with van der Waals surface area (Å²) in [5.74, 6) is -3.05. The fraction of sp³-hybridized carbons (Fsp3) is 0.588. The van der Waals surface area contributed by atoms with Gasteiger partial charge in [-0.1, -0.05) is 24.3 Å². The number of nitrogens with zero attached hydrogens (tertiary/aromatic N) is 1. The number of fused-ring (bicyclic) bond motifs is 1. The van der Waals surface area contributed by atoms with Gasteiger partial charge >= 0.3 is 0 Å². The highest BCUT2D eigenvalue weighted by molar-refractivity contribution is 5.75. The van der Waals surface area contributed by atoms with Crippen molar-refractivity contribution in [1.82, 2.24) is 10.2 Å². The van der Waals surface area contributed by atoms with Crippen molar-refractivity contribution >= 4 is 5.91 Å². The number of nitrogens with one attached hydrogen (secondary N) is 1. The van der Waals surface area contributed by atoms with Crippen LogP contribution in [0.1, 0.15) is 37.3 Å². The fourth-order valence-electron chi connectivity index (χ4n) is 2.70. The molecular formula is C17H24F2N2O. The van der Waals surface area contributed by atoms with Gasteiger partial charge in [-0.05, 0) is 30.9 Å². The molecule has 0 unspecified atom stereocenters. The lowest BCUT2D eigenvalue weighted by molar-refractivity contribution is -0.122. The van der Waals surface area contributed by atoms with Crippen molar-refractivity contribution < 1.29 is 13.6 Å². The maximum absolute atomic E-state index is 12.6. The Morgan fingerprint density at radius 2 is 2.05 bits per heavy atom. The van der Waals surface area contributed by atoms with Crippen molar-refractivity contribution in [3.63, 3.8) is 0 Å². The Bertz CT molecular complexity index is 500. The Balaban J connectivity index is 1.61. The van der Waals surface area contributed by atoms with Crippen molar-refractivity contribution in [2.45, 2.75) is 45.1 Å². The van der Waals surface area contributed by atoms with Crippen molar-refractivity contribution in [3.8, 4) is 0 Å². The second-order valence-electron chi connectivity index (χ2n) is 6.07. The highest BCUT2D eigenvalue weighted by Gasteiger charge is 2.22. The van der Waals surface area contributed by atoms with Crippen LogP contribution in [-0.4, -0.2) is 36.4 Å². The van der Waals surface area contributed by atoms with Crippen molar-refractivity contribution in [2.75, 3.05) is 19.6 Å². The summed E-state index contributed by atoms with van der Waals surface area (Å²) in [6, 6.07) is 8.47. The summed E-state index contributed by atoms with van der Waals surface area (Å²) in [4.78, 5) is 13.8. The van der Waals surface area contributed by atoms with Crippen LogP contribution in [0.15, 0.2) is 24.3 Å². The summed E-state index contributed by atoms with van der Waals surface area (Å²) in [5.41, 5.74) is 2.80. The lowest BCUT2D eigenvalue weighted by atomic mass is 10.00. The summed E-state index contributed by atoms with van der Waals surface area (Å²) in [6.07, 6.45) is 1.41. The largest absolute Gasteiger partial charge is 0.356 e. The monoisotopic (exact) mass is 310 g/mol. The van der Waals surface area contributed by atoms with Crippen LogP contribution in [0, 0.1) is 0 Å². The third-order valence-electron chi connectivity index (χ3n) is 3.97. The molecule has 1 N–H and O–H groups in total. The van der Waals surface area contributed by atoms with Gasteiger partial charge in [-0.2, -0.15) is 0 Å². The Kier molecular flexibility index (Phi) is 5.89. The molecule has 0 aliphatic carbocycles. The first-order valence-corrected chi connectivity index (χ1v) is 7.88. The van der Waals surface area contributed by atoms with Gasteiger partial charge in [-0.25, -0.2) is 8.78 Å². The molecule has 0 bridgehead atoms. The number of hydrogen-bond donors (Lipinski definition) is 1. The molecule has 22 heavy (non-hydrogen) atoms. The summed E-state index contributed by atoms with van der Waals surface area (Å²) >= 11 is 0. The van der Waals surface area contributed by atoms with E-state index >= 15 is 0 Å².